The Hall–Kier alpha value is -1.20. The predicted molar refractivity (Wildman–Crippen MR) is 103 cm³/mol. The van der Waals surface area contributed by atoms with E-state index in [2.05, 4.69) is 0 Å². The Kier molecular flexibility index (Phi) is 5.83. The second-order valence-corrected chi connectivity index (χ2v) is 11.5. The lowest BCUT2D eigenvalue weighted by molar-refractivity contribution is 0.351. The Morgan fingerprint density at radius 2 is 1.93 bits per heavy atom. The number of rotatable bonds is 5. The fourth-order valence-electron chi connectivity index (χ4n) is 3.86. The minimum Gasteiger partial charge on any atom is -0.497 e. The fraction of sp³-hybridized carbons (Fsp3) is 0.647. The maximum atomic E-state index is 13.0. The van der Waals surface area contributed by atoms with E-state index in [4.69, 9.17) is 4.74 Å². The molecule has 10 heteroatoms. The van der Waals surface area contributed by atoms with Gasteiger partial charge in [-0.2, -0.15) is 21.3 Å². The van der Waals surface area contributed by atoms with Crippen LogP contribution in [0.3, 0.4) is 0 Å². The van der Waals surface area contributed by atoms with E-state index >= 15 is 0 Å². The average Bonchev–Trinajstić information content (AvgIpc) is 2.77. The second kappa shape index (κ2) is 7.67. The van der Waals surface area contributed by atoms with Crippen LogP contribution < -0.4 is 4.74 Å². The first kappa shape index (κ1) is 20.5. The van der Waals surface area contributed by atoms with Crippen molar-refractivity contribution in [1.29, 1.82) is 0 Å². The minimum absolute atomic E-state index is 0.0528. The third kappa shape index (κ3) is 4.00. The largest absolute Gasteiger partial charge is 0.497 e. The summed E-state index contributed by atoms with van der Waals surface area (Å²) in [7, 11) is -2.41. The first-order valence-corrected chi connectivity index (χ1v) is 11.9. The van der Waals surface area contributed by atoms with E-state index in [0.717, 1.165) is 5.56 Å². The molecule has 0 saturated carbocycles. The molecule has 0 aromatic heterocycles. The Morgan fingerprint density at radius 1 is 1.22 bits per heavy atom. The predicted octanol–water partition coefficient (Wildman–Crippen LogP) is 0.728. The molecule has 2 saturated heterocycles. The molecule has 2 aliphatic rings. The maximum absolute atomic E-state index is 13.0. The van der Waals surface area contributed by atoms with Crippen LogP contribution in [0.2, 0.25) is 0 Å². The maximum Gasteiger partial charge on any atom is 0.281 e. The summed E-state index contributed by atoms with van der Waals surface area (Å²) in [5, 5.41) is -0.523. The molecule has 2 fully saturated rings. The van der Waals surface area contributed by atoms with Crippen molar-refractivity contribution >= 4 is 20.2 Å². The zero-order chi connectivity index (χ0) is 19.8. The molecule has 0 spiro atoms. The van der Waals surface area contributed by atoms with Crippen molar-refractivity contribution in [3.8, 4) is 5.75 Å². The van der Waals surface area contributed by atoms with Crippen LogP contribution in [0.5, 0.6) is 5.75 Å². The van der Waals surface area contributed by atoms with Gasteiger partial charge in [0.2, 0.25) is 10.0 Å². The molecule has 2 atom stereocenters. The van der Waals surface area contributed by atoms with Crippen LogP contribution in [0.4, 0.5) is 0 Å². The van der Waals surface area contributed by atoms with Crippen molar-refractivity contribution in [1.82, 2.24) is 12.9 Å². The first-order chi connectivity index (χ1) is 12.7. The number of hydrogen-bond acceptors (Lipinski definition) is 5. The van der Waals surface area contributed by atoms with Gasteiger partial charge in [-0.1, -0.05) is 12.1 Å². The quantitative estimate of drug-likeness (QED) is 0.705. The van der Waals surface area contributed by atoms with Gasteiger partial charge in [-0.3, -0.25) is 0 Å². The lowest BCUT2D eigenvalue weighted by atomic mass is 10.0. The van der Waals surface area contributed by atoms with Gasteiger partial charge in [0, 0.05) is 40.3 Å². The van der Waals surface area contributed by atoms with Crippen molar-refractivity contribution < 1.29 is 21.6 Å². The lowest BCUT2D eigenvalue weighted by Gasteiger charge is -2.24. The minimum atomic E-state index is -3.52. The third-order valence-corrected chi connectivity index (χ3v) is 9.72. The monoisotopic (exact) mass is 417 g/mol. The third-order valence-electron chi connectivity index (χ3n) is 5.40. The zero-order valence-electron chi connectivity index (χ0n) is 15.9. The van der Waals surface area contributed by atoms with Crippen LogP contribution in [0, 0.1) is 5.92 Å². The Balaban J connectivity index is 1.75. The smallest absolute Gasteiger partial charge is 0.281 e. The second-order valence-electron chi connectivity index (χ2n) is 7.25. The van der Waals surface area contributed by atoms with Gasteiger partial charge in [0.15, 0.2) is 0 Å². The summed E-state index contributed by atoms with van der Waals surface area (Å²) < 4.78 is 60.1. The molecule has 1 aromatic carbocycles. The molecule has 0 bridgehead atoms. The van der Waals surface area contributed by atoms with Gasteiger partial charge in [-0.15, -0.1) is 0 Å². The first-order valence-electron chi connectivity index (χ1n) is 8.95. The van der Waals surface area contributed by atoms with Crippen molar-refractivity contribution in [2.75, 3.05) is 40.8 Å². The van der Waals surface area contributed by atoms with Crippen LogP contribution in [0.15, 0.2) is 24.3 Å². The van der Waals surface area contributed by atoms with Crippen molar-refractivity contribution in [2.24, 2.45) is 5.92 Å². The number of hydrogen-bond donors (Lipinski definition) is 0. The lowest BCUT2D eigenvalue weighted by Crippen LogP contribution is -2.41. The summed E-state index contributed by atoms with van der Waals surface area (Å²) >= 11 is 0. The molecule has 0 radical (unpaired) electrons. The molecule has 2 heterocycles. The number of nitrogens with zero attached hydrogens (tertiary/aromatic N) is 3. The van der Waals surface area contributed by atoms with Crippen LogP contribution >= 0.6 is 0 Å². The van der Waals surface area contributed by atoms with Crippen LogP contribution in [0.1, 0.15) is 18.4 Å². The number of methoxy groups -OCH3 is 1. The van der Waals surface area contributed by atoms with E-state index in [0.29, 0.717) is 38.2 Å². The van der Waals surface area contributed by atoms with E-state index in [1.807, 2.05) is 24.3 Å². The SMILES string of the molecule is COc1cccc(CN2C[C@H]3CCN(S(=O)(=O)N(C)C)CC[C@H]3S2(=O)=O)c1. The molecule has 0 N–H and O–H groups in total. The Morgan fingerprint density at radius 3 is 2.59 bits per heavy atom. The van der Waals surface area contributed by atoms with E-state index in [1.54, 1.807) is 7.11 Å². The molecule has 8 nitrogen and oxygen atoms in total. The summed E-state index contributed by atoms with van der Waals surface area (Å²) in [4.78, 5) is 0. The number of fused-ring (bicyclic) bond motifs is 1. The van der Waals surface area contributed by atoms with Gasteiger partial charge in [0.05, 0.1) is 12.4 Å². The van der Waals surface area contributed by atoms with Crippen molar-refractivity contribution in [3.63, 3.8) is 0 Å². The molecule has 152 valence electrons. The summed E-state index contributed by atoms with van der Waals surface area (Å²) in [6.07, 6.45) is 0.875. The highest BCUT2D eigenvalue weighted by atomic mass is 32.2. The Bertz CT molecular complexity index is 886. The standard InChI is InChI=1S/C17H27N3O5S2/c1-18(2)27(23,24)19-9-7-15-13-20(26(21,22)17(15)8-10-19)12-14-5-4-6-16(11-14)25-3/h4-6,11,15,17H,7-10,12-13H2,1-3H3/t15-,17-/m1/s1. The molecule has 1 aromatic rings. The highest BCUT2D eigenvalue weighted by molar-refractivity contribution is 7.90. The highest BCUT2D eigenvalue weighted by Gasteiger charge is 2.47. The summed E-state index contributed by atoms with van der Waals surface area (Å²) in [5.74, 6) is 0.644. The van der Waals surface area contributed by atoms with E-state index < -0.39 is 25.5 Å². The molecule has 0 aliphatic carbocycles. The van der Waals surface area contributed by atoms with Crippen LogP contribution in [-0.2, 0) is 26.8 Å². The van der Waals surface area contributed by atoms with Crippen molar-refractivity contribution in [3.05, 3.63) is 29.8 Å². The zero-order valence-corrected chi connectivity index (χ0v) is 17.5. The molecular formula is C17H27N3O5S2. The molecule has 0 unspecified atom stereocenters. The van der Waals surface area contributed by atoms with Crippen LogP contribution in [-0.4, -0.2) is 75.8 Å². The summed E-state index contributed by atoms with van der Waals surface area (Å²) in [5.41, 5.74) is 0.881. The van der Waals surface area contributed by atoms with E-state index in [-0.39, 0.29) is 12.5 Å². The Labute approximate surface area is 161 Å². The molecule has 3 rings (SSSR count). The normalized spacial score (nSPS) is 26.7. The molecule has 2 aliphatic heterocycles. The summed E-state index contributed by atoms with van der Waals surface area (Å²) in [6, 6.07) is 7.40. The average molecular weight is 418 g/mol. The van der Waals surface area contributed by atoms with Crippen molar-refractivity contribution in [2.45, 2.75) is 24.6 Å². The topological polar surface area (TPSA) is 87.2 Å². The number of sulfonamides is 1. The van der Waals surface area contributed by atoms with E-state index in [9.17, 15) is 16.8 Å². The molecule has 27 heavy (non-hydrogen) atoms. The van der Waals surface area contributed by atoms with Gasteiger partial charge >= 0.3 is 0 Å². The van der Waals surface area contributed by atoms with Gasteiger partial charge in [0.1, 0.15) is 5.75 Å². The highest BCUT2D eigenvalue weighted by Crippen LogP contribution is 2.36. The number of benzene rings is 1. The molecule has 0 amide bonds. The number of ether oxygens (including phenoxy) is 1. The van der Waals surface area contributed by atoms with Crippen LogP contribution in [0.25, 0.3) is 0 Å². The van der Waals surface area contributed by atoms with Gasteiger partial charge in [-0.05, 0) is 36.5 Å². The van der Waals surface area contributed by atoms with Gasteiger partial charge < -0.3 is 4.74 Å². The fourth-order valence-corrected chi connectivity index (χ4v) is 7.22. The summed E-state index contributed by atoms with van der Waals surface area (Å²) in [6.45, 7) is 1.32. The molecular weight excluding hydrogens is 390 g/mol. The van der Waals surface area contributed by atoms with Gasteiger partial charge in [0.25, 0.3) is 10.2 Å². The van der Waals surface area contributed by atoms with Gasteiger partial charge in [-0.25, -0.2) is 8.42 Å². The van der Waals surface area contributed by atoms with E-state index in [1.165, 1.54) is 27.0 Å².